The number of amides is 1. The highest BCUT2D eigenvalue weighted by Crippen LogP contribution is 2.39. The van der Waals surface area contributed by atoms with Gasteiger partial charge in [0.05, 0.1) is 35.7 Å². The number of alkyl halides is 3. The number of aromatic nitrogens is 5. The molecule has 1 amide bonds. The number of imidazole rings is 1. The molecule has 3 aromatic heterocycles. The fourth-order valence-corrected chi connectivity index (χ4v) is 3.93. The summed E-state index contributed by atoms with van der Waals surface area (Å²) < 4.78 is 56.6. The van der Waals surface area contributed by atoms with Gasteiger partial charge in [-0.15, -0.1) is 0 Å². The fourth-order valence-electron chi connectivity index (χ4n) is 3.93. The first-order chi connectivity index (χ1) is 15.3. The summed E-state index contributed by atoms with van der Waals surface area (Å²) in [5.41, 5.74) is 1.45. The Morgan fingerprint density at radius 3 is 2.75 bits per heavy atom. The van der Waals surface area contributed by atoms with Crippen molar-refractivity contribution in [2.45, 2.75) is 38.8 Å². The van der Waals surface area contributed by atoms with Crippen LogP contribution in [0.3, 0.4) is 0 Å². The zero-order valence-corrected chi connectivity index (χ0v) is 17.0. The Morgan fingerprint density at radius 2 is 2.06 bits per heavy atom. The van der Waals surface area contributed by atoms with E-state index in [-0.39, 0.29) is 28.9 Å². The summed E-state index contributed by atoms with van der Waals surface area (Å²) in [6.45, 7) is 2.77. The van der Waals surface area contributed by atoms with Crippen LogP contribution in [-0.4, -0.2) is 43.1 Å². The van der Waals surface area contributed by atoms with E-state index in [4.69, 9.17) is 0 Å². The van der Waals surface area contributed by atoms with Gasteiger partial charge in [0, 0.05) is 28.6 Å². The van der Waals surface area contributed by atoms with Crippen LogP contribution in [0.2, 0.25) is 0 Å². The quantitative estimate of drug-likeness (QED) is 0.445. The van der Waals surface area contributed by atoms with Crippen LogP contribution in [-0.2, 0) is 4.79 Å². The van der Waals surface area contributed by atoms with E-state index >= 15 is 4.39 Å². The molecule has 1 aliphatic carbocycles. The first-order valence-corrected chi connectivity index (χ1v) is 9.99. The molecule has 3 atom stereocenters. The van der Waals surface area contributed by atoms with E-state index in [9.17, 15) is 18.0 Å². The van der Waals surface area contributed by atoms with Gasteiger partial charge in [-0.2, -0.15) is 5.10 Å². The first kappa shape index (κ1) is 20.4. The zero-order valence-electron chi connectivity index (χ0n) is 17.0. The topological polar surface area (TPSA) is 88.0 Å². The van der Waals surface area contributed by atoms with Gasteiger partial charge in [-0.1, -0.05) is 6.92 Å². The van der Waals surface area contributed by atoms with Crippen LogP contribution in [0.25, 0.3) is 27.8 Å². The lowest BCUT2D eigenvalue weighted by Crippen LogP contribution is -2.15. The Kier molecular flexibility index (Phi) is 4.64. The van der Waals surface area contributed by atoms with Crippen molar-refractivity contribution in [3.05, 3.63) is 41.7 Å². The van der Waals surface area contributed by atoms with Crippen molar-refractivity contribution in [1.82, 2.24) is 24.6 Å². The number of halogens is 4. The summed E-state index contributed by atoms with van der Waals surface area (Å²) in [6, 6.07) is 0. The third-order valence-corrected chi connectivity index (χ3v) is 5.85. The van der Waals surface area contributed by atoms with Crippen LogP contribution >= 0.6 is 0 Å². The van der Waals surface area contributed by atoms with Gasteiger partial charge in [0.15, 0.2) is 11.5 Å². The summed E-state index contributed by atoms with van der Waals surface area (Å²) in [5, 5.41) is 9.62. The first-order valence-electron chi connectivity index (χ1n) is 9.99. The van der Waals surface area contributed by atoms with Crippen molar-refractivity contribution >= 4 is 28.3 Å². The smallest absolute Gasteiger partial charge is 0.245 e. The van der Waals surface area contributed by atoms with Gasteiger partial charge in [-0.05, 0) is 18.9 Å². The molecule has 1 aromatic carbocycles. The number of anilines is 1. The molecule has 166 valence electrons. The number of aromatic amines is 1. The Bertz CT molecular complexity index is 1360. The molecule has 3 unspecified atom stereocenters. The number of carbonyl (C=O) groups is 1. The molecular weight excluding hydrogens is 428 g/mol. The number of benzene rings is 1. The Hall–Kier alpha value is -3.50. The summed E-state index contributed by atoms with van der Waals surface area (Å²) in [6.07, 6.45) is 2.38. The normalized spacial score (nSPS) is 19.1. The Balaban J connectivity index is 1.58. The maximum atomic E-state index is 15.2. The molecule has 11 heteroatoms. The van der Waals surface area contributed by atoms with Crippen LogP contribution in [0, 0.1) is 18.7 Å². The van der Waals surface area contributed by atoms with E-state index in [1.807, 2.05) is 0 Å². The number of nitrogens with one attached hydrogen (secondary N) is 2. The number of carbonyl (C=O) groups excluding carboxylic acids is 1. The van der Waals surface area contributed by atoms with Gasteiger partial charge < -0.3 is 9.72 Å². The van der Waals surface area contributed by atoms with Crippen molar-refractivity contribution in [3.63, 3.8) is 0 Å². The largest absolute Gasteiger partial charge is 0.309 e. The minimum absolute atomic E-state index is 0.117. The maximum Gasteiger partial charge on any atom is 0.245 e. The number of H-pyrrole nitrogens is 1. The molecule has 5 rings (SSSR count). The van der Waals surface area contributed by atoms with E-state index in [0.29, 0.717) is 22.3 Å². The van der Waals surface area contributed by atoms with Crippen LogP contribution in [0.1, 0.15) is 30.4 Å². The van der Waals surface area contributed by atoms with Crippen LogP contribution in [0.4, 0.5) is 23.4 Å². The van der Waals surface area contributed by atoms with Crippen molar-refractivity contribution in [2.24, 2.45) is 5.92 Å². The molecule has 3 heterocycles. The number of nitrogens with zero attached hydrogens (tertiary/aromatic N) is 4. The van der Waals surface area contributed by atoms with Crippen LogP contribution in [0.15, 0.2) is 24.8 Å². The van der Waals surface area contributed by atoms with Crippen molar-refractivity contribution in [1.29, 1.82) is 0 Å². The third kappa shape index (κ3) is 3.19. The molecule has 2 N–H and O–H groups in total. The molecule has 1 fully saturated rings. The highest BCUT2D eigenvalue weighted by atomic mass is 19.3. The minimum atomic E-state index is -2.74. The van der Waals surface area contributed by atoms with E-state index in [0.717, 1.165) is 0 Å². The Labute approximate surface area is 178 Å². The van der Waals surface area contributed by atoms with Crippen LogP contribution in [0.5, 0.6) is 0 Å². The lowest BCUT2D eigenvalue weighted by Gasteiger charge is -2.17. The standard InChI is InChI=1S/C21H18F4N6O/c1-8-16(11-4-27-30-19(11)17(18(8)23)9(2)20(24)25)13-6-31-7-14(28-15(31)5-26-13)29-21(32)10-3-12(10)22/h4-7,9-10,12,20H,3H2,1-2H3,(H,27,30)(H,29,32). The van der Waals surface area contributed by atoms with Gasteiger partial charge in [-0.3, -0.25) is 14.9 Å². The van der Waals surface area contributed by atoms with E-state index in [2.05, 4.69) is 25.5 Å². The predicted molar refractivity (Wildman–Crippen MR) is 109 cm³/mol. The van der Waals surface area contributed by atoms with Gasteiger partial charge in [-0.25, -0.2) is 22.5 Å². The summed E-state index contributed by atoms with van der Waals surface area (Å²) in [7, 11) is 0. The molecule has 7 nitrogen and oxygen atoms in total. The van der Waals surface area contributed by atoms with Gasteiger partial charge in [0.1, 0.15) is 12.0 Å². The van der Waals surface area contributed by atoms with Crippen molar-refractivity contribution in [2.75, 3.05) is 5.32 Å². The molecule has 0 bridgehead atoms. The molecule has 0 radical (unpaired) electrons. The molecule has 0 spiro atoms. The molecular formula is C21H18F4N6O. The predicted octanol–water partition coefficient (Wildman–Crippen LogP) is 4.39. The average molecular weight is 446 g/mol. The van der Waals surface area contributed by atoms with Gasteiger partial charge in [0.25, 0.3) is 0 Å². The van der Waals surface area contributed by atoms with Crippen molar-refractivity contribution in [3.8, 4) is 11.3 Å². The Morgan fingerprint density at radius 1 is 1.31 bits per heavy atom. The highest BCUT2D eigenvalue weighted by molar-refractivity contribution is 5.97. The second-order valence-electron chi connectivity index (χ2n) is 8.02. The number of rotatable bonds is 5. The second-order valence-corrected chi connectivity index (χ2v) is 8.02. The summed E-state index contributed by atoms with van der Waals surface area (Å²) >= 11 is 0. The lowest BCUT2D eigenvalue weighted by atomic mass is 9.91. The highest BCUT2D eigenvalue weighted by Gasteiger charge is 2.43. The number of hydrogen-bond donors (Lipinski definition) is 2. The van der Waals surface area contributed by atoms with Crippen LogP contribution < -0.4 is 5.32 Å². The van der Waals surface area contributed by atoms with Crippen molar-refractivity contribution < 1.29 is 22.4 Å². The summed E-state index contributed by atoms with van der Waals surface area (Å²) in [5.74, 6) is -2.91. The zero-order chi connectivity index (χ0) is 22.7. The molecule has 1 aliphatic rings. The van der Waals surface area contributed by atoms with Gasteiger partial charge in [0.2, 0.25) is 12.3 Å². The number of fused-ring (bicyclic) bond motifs is 2. The molecule has 4 aromatic rings. The monoisotopic (exact) mass is 446 g/mol. The van der Waals surface area contributed by atoms with E-state index < -0.39 is 36.2 Å². The molecule has 0 aliphatic heterocycles. The van der Waals surface area contributed by atoms with Gasteiger partial charge >= 0.3 is 0 Å². The fraction of sp³-hybridized carbons (Fsp3) is 0.333. The van der Waals surface area contributed by atoms with E-state index in [1.54, 1.807) is 16.8 Å². The third-order valence-electron chi connectivity index (χ3n) is 5.85. The minimum Gasteiger partial charge on any atom is -0.309 e. The SMILES string of the molecule is Cc1c(F)c(C(C)C(F)F)c2[nH]ncc2c1-c1cn2cc(NC(=O)C3CC3F)nc2cn1. The molecule has 32 heavy (non-hydrogen) atoms. The maximum absolute atomic E-state index is 15.2. The molecule has 0 saturated heterocycles. The summed E-state index contributed by atoms with van der Waals surface area (Å²) in [4.78, 5) is 20.6. The molecule has 1 saturated carbocycles. The lowest BCUT2D eigenvalue weighted by molar-refractivity contribution is -0.117. The number of hydrogen-bond acceptors (Lipinski definition) is 4. The van der Waals surface area contributed by atoms with E-state index in [1.165, 1.54) is 26.2 Å². The second kappa shape index (κ2) is 7.28. The average Bonchev–Trinajstić information content (AvgIpc) is 3.11.